The lowest BCUT2D eigenvalue weighted by atomic mass is 10.2. The molecule has 24 heavy (non-hydrogen) atoms. The lowest BCUT2D eigenvalue weighted by Gasteiger charge is -2.21. The molecule has 120 valence electrons. The van der Waals surface area contributed by atoms with E-state index in [1.165, 1.54) is 12.1 Å². The molecule has 0 saturated heterocycles. The van der Waals surface area contributed by atoms with Gasteiger partial charge in [0, 0.05) is 27.6 Å². The number of hydrogen-bond acceptors (Lipinski definition) is 3. The molecule has 0 atom stereocenters. The van der Waals surface area contributed by atoms with Crippen LogP contribution in [0.15, 0.2) is 53.4 Å². The average Bonchev–Trinajstić information content (AvgIpc) is 3.01. The van der Waals surface area contributed by atoms with Crippen molar-refractivity contribution < 1.29 is 4.39 Å². The first-order valence-electron chi connectivity index (χ1n) is 7.14. The normalized spacial score (nSPS) is 11.3. The summed E-state index contributed by atoms with van der Waals surface area (Å²) < 4.78 is 16.3. The van der Waals surface area contributed by atoms with Gasteiger partial charge in [-0.05, 0) is 36.4 Å². The second-order valence-corrected chi connectivity index (χ2v) is 6.76. The molecule has 0 N–H and O–H groups in total. The number of anilines is 2. The van der Waals surface area contributed by atoms with E-state index >= 15 is 0 Å². The Balaban J connectivity index is 2.00. The number of imidazole rings is 1. The van der Waals surface area contributed by atoms with E-state index in [-0.39, 0.29) is 5.82 Å². The summed E-state index contributed by atoms with van der Waals surface area (Å²) >= 11 is 9.48. The number of hydrogen-bond donors (Lipinski definition) is 0. The quantitative estimate of drug-likeness (QED) is 0.459. The number of rotatable bonds is 2. The Kier molecular flexibility index (Phi) is 3.66. The summed E-state index contributed by atoms with van der Waals surface area (Å²) in [5, 5.41) is 1.53. The van der Waals surface area contributed by atoms with Gasteiger partial charge in [0.05, 0.1) is 11.7 Å². The van der Waals surface area contributed by atoms with Crippen molar-refractivity contribution in [1.29, 1.82) is 0 Å². The molecule has 0 spiro atoms. The highest BCUT2D eigenvalue weighted by atomic mass is 79.9. The van der Waals surface area contributed by atoms with Crippen molar-refractivity contribution >= 4 is 55.6 Å². The summed E-state index contributed by atoms with van der Waals surface area (Å²) in [6, 6.07) is 10.3. The monoisotopic (exact) mass is 404 g/mol. The second-order valence-electron chi connectivity index (χ2n) is 5.41. The third-order valence-corrected chi connectivity index (χ3v) is 4.54. The topological polar surface area (TPSA) is 33.4 Å². The lowest BCUT2D eigenvalue weighted by molar-refractivity contribution is 0.627. The van der Waals surface area contributed by atoms with Crippen molar-refractivity contribution in [2.75, 3.05) is 11.9 Å². The van der Waals surface area contributed by atoms with Crippen LogP contribution in [-0.2, 0) is 0 Å². The van der Waals surface area contributed by atoms with Crippen molar-refractivity contribution in [3.63, 3.8) is 0 Å². The number of fused-ring (bicyclic) bond motifs is 3. The van der Waals surface area contributed by atoms with Gasteiger partial charge >= 0.3 is 0 Å². The Bertz CT molecular complexity index is 1060. The van der Waals surface area contributed by atoms with E-state index in [1.54, 1.807) is 12.5 Å². The first-order valence-corrected chi connectivity index (χ1v) is 8.31. The first kappa shape index (κ1) is 15.4. The molecule has 7 heteroatoms. The minimum atomic E-state index is -0.316. The Hall–Kier alpha value is -2.18. The zero-order chi connectivity index (χ0) is 16.8. The highest BCUT2D eigenvalue weighted by Gasteiger charge is 2.15. The fourth-order valence-corrected chi connectivity index (χ4v) is 3.35. The fraction of sp³-hybridized carbons (Fsp3) is 0.0588. The van der Waals surface area contributed by atoms with E-state index in [1.807, 2.05) is 40.6 Å². The van der Waals surface area contributed by atoms with Crippen LogP contribution in [-0.4, -0.2) is 21.4 Å². The summed E-state index contributed by atoms with van der Waals surface area (Å²) in [5.74, 6) is 0.385. The predicted molar refractivity (Wildman–Crippen MR) is 97.7 cm³/mol. The maximum absolute atomic E-state index is 13.8. The zero-order valence-electron chi connectivity index (χ0n) is 12.5. The fourth-order valence-electron chi connectivity index (χ4n) is 2.73. The molecule has 4 rings (SSSR count). The summed E-state index contributed by atoms with van der Waals surface area (Å²) in [5.41, 5.74) is 2.28. The molecule has 0 radical (unpaired) electrons. The molecule has 2 aromatic carbocycles. The van der Waals surface area contributed by atoms with Gasteiger partial charge in [-0.15, -0.1) is 0 Å². The van der Waals surface area contributed by atoms with Crippen molar-refractivity contribution in [2.24, 2.45) is 0 Å². The molecule has 0 saturated carbocycles. The zero-order valence-corrected chi connectivity index (χ0v) is 14.9. The minimum Gasteiger partial charge on any atom is -0.329 e. The number of nitrogens with zero attached hydrogens (tertiary/aromatic N) is 4. The van der Waals surface area contributed by atoms with Crippen molar-refractivity contribution in [3.8, 4) is 0 Å². The second kappa shape index (κ2) is 5.72. The molecule has 4 nitrogen and oxygen atoms in total. The summed E-state index contributed by atoms with van der Waals surface area (Å²) in [7, 11) is 1.85. The van der Waals surface area contributed by atoms with Gasteiger partial charge < -0.3 is 4.90 Å². The predicted octanol–water partition coefficient (Wildman–Crippen LogP) is 5.21. The minimum absolute atomic E-state index is 0.316. The Labute approximate surface area is 150 Å². The van der Waals surface area contributed by atoms with E-state index in [0.717, 1.165) is 10.9 Å². The highest BCUT2D eigenvalue weighted by Crippen LogP contribution is 2.33. The van der Waals surface area contributed by atoms with Gasteiger partial charge in [0.25, 0.3) is 0 Å². The summed E-state index contributed by atoms with van der Waals surface area (Å²) in [6.07, 6.45) is 3.38. The molecule has 4 aromatic rings. The summed E-state index contributed by atoms with van der Waals surface area (Å²) in [4.78, 5) is 10.7. The van der Waals surface area contributed by atoms with E-state index in [2.05, 4.69) is 25.9 Å². The van der Waals surface area contributed by atoms with Gasteiger partial charge in [-0.1, -0.05) is 27.5 Å². The van der Waals surface area contributed by atoms with Crippen molar-refractivity contribution in [2.45, 2.75) is 0 Å². The Morgan fingerprint density at radius 2 is 2.04 bits per heavy atom. The van der Waals surface area contributed by atoms with Crippen molar-refractivity contribution in [1.82, 2.24) is 14.4 Å². The van der Waals surface area contributed by atoms with E-state index in [4.69, 9.17) is 11.6 Å². The van der Waals surface area contributed by atoms with E-state index in [9.17, 15) is 4.39 Å². The van der Waals surface area contributed by atoms with Crippen LogP contribution in [0.5, 0.6) is 0 Å². The lowest BCUT2D eigenvalue weighted by Crippen LogP contribution is -2.13. The van der Waals surface area contributed by atoms with Crippen LogP contribution in [0.4, 0.5) is 15.9 Å². The maximum Gasteiger partial charge on any atom is 0.159 e. The van der Waals surface area contributed by atoms with Crippen LogP contribution in [0.25, 0.3) is 16.6 Å². The molecule has 0 aliphatic carbocycles. The van der Waals surface area contributed by atoms with Gasteiger partial charge in [0.1, 0.15) is 18.0 Å². The SMILES string of the molecule is CN(c1cc(F)cc(Br)c1)c1nc2cncn2c2cc(Cl)ccc12. The largest absolute Gasteiger partial charge is 0.329 e. The number of halogens is 3. The molecule has 2 aromatic heterocycles. The van der Waals surface area contributed by atoms with Crippen LogP contribution in [0, 0.1) is 5.82 Å². The van der Waals surface area contributed by atoms with Gasteiger partial charge in [-0.3, -0.25) is 4.40 Å². The molecular formula is C17H11BrClFN4. The molecule has 0 bridgehead atoms. The molecule has 2 heterocycles. The third kappa shape index (κ3) is 2.52. The summed E-state index contributed by atoms with van der Waals surface area (Å²) in [6.45, 7) is 0. The third-order valence-electron chi connectivity index (χ3n) is 3.85. The standard InChI is InChI=1S/C17H11BrClFN4/c1-23(13-5-10(18)4-12(20)7-13)17-14-3-2-11(19)6-15(14)24-9-21-8-16(24)22-17/h2-9H,1H3. The maximum atomic E-state index is 13.8. The first-order chi connectivity index (χ1) is 11.5. The smallest absolute Gasteiger partial charge is 0.159 e. The van der Waals surface area contributed by atoms with Gasteiger partial charge in [-0.2, -0.15) is 0 Å². The highest BCUT2D eigenvalue weighted by molar-refractivity contribution is 9.10. The van der Waals surface area contributed by atoms with Crippen LogP contribution >= 0.6 is 27.5 Å². The van der Waals surface area contributed by atoms with Crippen molar-refractivity contribution in [3.05, 3.63) is 64.2 Å². The van der Waals surface area contributed by atoms with E-state index in [0.29, 0.717) is 26.6 Å². The Morgan fingerprint density at radius 3 is 2.83 bits per heavy atom. The number of aromatic nitrogens is 3. The molecule has 0 amide bonds. The molecule has 0 fully saturated rings. The van der Waals surface area contributed by atoms with E-state index < -0.39 is 0 Å². The average molecular weight is 406 g/mol. The van der Waals surface area contributed by atoms with Gasteiger partial charge in [0.2, 0.25) is 0 Å². The molecule has 0 aliphatic heterocycles. The van der Waals surface area contributed by atoms with Crippen LogP contribution in [0.3, 0.4) is 0 Å². The van der Waals surface area contributed by atoms with Gasteiger partial charge in [0.15, 0.2) is 5.65 Å². The van der Waals surface area contributed by atoms with Crippen LogP contribution in [0.2, 0.25) is 5.02 Å². The Morgan fingerprint density at radius 1 is 1.21 bits per heavy atom. The van der Waals surface area contributed by atoms with Crippen LogP contribution < -0.4 is 4.90 Å². The molecule has 0 aliphatic rings. The molecule has 0 unspecified atom stereocenters. The number of benzene rings is 2. The van der Waals surface area contributed by atoms with Crippen LogP contribution in [0.1, 0.15) is 0 Å². The molecular weight excluding hydrogens is 395 g/mol. The van der Waals surface area contributed by atoms with Gasteiger partial charge in [-0.25, -0.2) is 14.4 Å².